The number of esters is 2. The number of likely N-dealkylation sites (tertiary alicyclic amines) is 1. The molecule has 0 unspecified atom stereocenters. The van der Waals surface area contributed by atoms with Gasteiger partial charge in [0.1, 0.15) is 0 Å². The Morgan fingerprint density at radius 1 is 0.857 bits per heavy atom. The van der Waals surface area contributed by atoms with E-state index in [1.807, 2.05) is 0 Å². The SMILES string of the molecule is COC(=O)c1cc(NC(=O)C2CCN(C(=O)c3ccc(C(F)(F)F)cc3)CC2)cc(C(=O)OC)c1. The van der Waals surface area contributed by atoms with Crippen molar-refractivity contribution in [2.45, 2.75) is 19.0 Å². The molecular formula is C24H23F3N2O6. The zero-order chi connectivity index (χ0) is 25.8. The summed E-state index contributed by atoms with van der Waals surface area (Å²) in [7, 11) is 2.37. The van der Waals surface area contributed by atoms with Crippen LogP contribution in [0.2, 0.25) is 0 Å². The third-order valence-corrected chi connectivity index (χ3v) is 5.65. The molecule has 0 atom stereocenters. The molecule has 1 saturated heterocycles. The lowest BCUT2D eigenvalue weighted by molar-refractivity contribution is -0.137. The summed E-state index contributed by atoms with van der Waals surface area (Å²) in [5.41, 5.74) is -0.376. The van der Waals surface area contributed by atoms with Crippen molar-refractivity contribution >= 4 is 29.4 Å². The molecule has 0 spiro atoms. The quantitative estimate of drug-likeness (QED) is 0.638. The highest BCUT2D eigenvalue weighted by molar-refractivity contribution is 6.00. The van der Waals surface area contributed by atoms with Crippen LogP contribution in [0.3, 0.4) is 0 Å². The zero-order valence-corrected chi connectivity index (χ0v) is 19.0. The number of methoxy groups -OCH3 is 2. The summed E-state index contributed by atoms with van der Waals surface area (Å²) in [5, 5.41) is 2.68. The first-order chi connectivity index (χ1) is 16.5. The maximum Gasteiger partial charge on any atom is 0.416 e. The summed E-state index contributed by atoms with van der Waals surface area (Å²) in [6, 6.07) is 8.03. The lowest BCUT2D eigenvalue weighted by Gasteiger charge is -2.31. The molecule has 2 aromatic carbocycles. The topological polar surface area (TPSA) is 102 Å². The third-order valence-electron chi connectivity index (χ3n) is 5.65. The summed E-state index contributed by atoms with van der Waals surface area (Å²) in [6.07, 6.45) is -3.82. The number of piperidine rings is 1. The van der Waals surface area contributed by atoms with Gasteiger partial charge in [-0.25, -0.2) is 9.59 Å². The number of amides is 2. The van der Waals surface area contributed by atoms with Crippen LogP contribution in [0.15, 0.2) is 42.5 Å². The molecule has 1 aliphatic rings. The largest absolute Gasteiger partial charge is 0.465 e. The van der Waals surface area contributed by atoms with E-state index in [4.69, 9.17) is 0 Å². The second-order valence-electron chi connectivity index (χ2n) is 7.91. The van der Waals surface area contributed by atoms with Gasteiger partial charge in [-0.05, 0) is 55.3 Å². The van der Waals surface area contributed by atoms with Crippen molar-refractivity contribution in [2.75, 3.05) is 32.6 Å². The van der Waals surface area contributed by atoms with Gasteiger partial charge >= 0.3 is 18.1 Å². The van der Waals surface area contributed by atoms with Crippen molar-refractivity contribution in [3.8, 4) is 0 Å². The number of rotatable bonds is 5. The number of halogens is 3. The molecule has 1 fully saturated rings. The predicted molar refractivity (Wildman–Crippen MR) is 118 cm³/mol. The van der Waals surface area contributed by atoms with E-state index in [1.54, 1.807) is 0 Å². The summed E-state index contributed by atoms with van der Waals surface area (Å²) in [4.78, 5) is 50.8. The van der Waals surface area contributed by atoms with E-state index in [0.29, 0.717) is 12.8 Å². The first-order valence-corrected chi connectivity index (χ1v) is 10.6. The highest BCUT2D eigenvalue weighted by Gasteiger charge is 2.31. The number of hydrogen-bond donors (Lipinski definition) is 1. The van der Waals surface area contributed by atoms with Crippen LogP contribution in [0.1, 0.15) is 49.5 Å². The highest BCUT2D eigenvalue weighted by atomic mass is 19.4. The Morgan fingerprint density at radius 2 is 1.37 bits per heavy atom. The van der Waals surface area contributed by atoms with Crippen LogP contribution >= 0.6 is 0 Å². The smallest absolute Gasteiger partial charge is 0.416 e. The van der Waals surface area contributed by atoms with Crippen LogP contribution in [0.4, 0.5) is 18.9 Å². The van der Waals surface area contributed by atoms with Gasteiger partial charge in [0.15, 0.2) is 0 Å². The fraction of sp³-hybridized carbons (Fsp3) is 0.333. The monoisotopic (exact) mass is 492 g/mol. The Bertz CT molecular complexity index is 1090. The number of nitrogens with zero attached hydrogens (tertiary/aromatic N) is 1. The molecule has 35 heavy (non-hydrogen) atoms. The van der Waals surface area contributed by atoms with Gasteiger partial charge in [-0.15, -0.1) is 0 Å². The fourth-order valence-corrected chi connectivity index (χ4v) is 3.74. The number of carbonyl (C=O) groups is 4. The van der Waals surface area contributed by atoms with Crippen LogP contribution in [-0.4, -0.2) is 56.0 Å². The Hall–Kier alpha value is -3.89. The van der Waals surface area contributed by atoms with Crippen molar-refractivity contribution in [1.29, 1.82) is 0 Å². The molecule has 0 bridgehead atoms. The highest BCUT2D eigenvalue weighted by Crippen LogP contribution is 2.29. The van der Waals surface area contributed by atoms with Gasteiger partial charge in [0, 0.05) is 30.3 Å². The summed E-state index contributed by atoms with van der Waals surface area (Å²) < 4.78 is 47.5. The van der Waals surface area contributed by atoms with Crippen LogP contribution in [0.5, 0.6) is 0 Å². The zero-order valence-electron chi connectivity index (χ0n) is 19.0. The van der Waals surface area contributed by atoms with Gasteiger partial charge in [0.25, 0.3) is 5.91 Å². The number of ether oxygens (including phenoxy) is 2. The average molecular weight is 492 g/mol. The molecule has 11 heteroatoms. The van der Waals surface area contributed by atoms with Gasteiger partial charge in [-0.1, -0.05) is 0 Å². The first-order valence-electron chi connectivity index (χ1n) is 10.6. The normalized spacial score (nSPS) is 14.3. The molecule has 0 saturated carbocycles. The molecule has 0 radical (unpaired) electrons. The molecule has 1 N–H and O–H groups in total. The van der Waals surface area contributed by atoms with Crippen LogP contribution in [0, 0.1) is 5.92 Å². The molecule has 2 amide bonds. The maximum atomic E-state index is 12.8. The molecule has 3 rings (SSSR count). The number of benzene rings is 2. The predicted octanol–water partition coefficient (Wildman–Crippen LogP) is 3.77. The van der Waals surface area contributed by atoms with Gasteiger partial charge in [0.05, 0.1) is 30.9 Å². The number of alkyl halides is 3. The van der Waals surface area contributed by atoms with Gasteiger partial charge < -0.3 is 19.7 Å². The number of hydrogen-bond acceptors (Lipinski definition) is 6. The van der Waals surface area contributed by atoms with E-state index >= 15 is 0 Å². The van der Waals surface area contributed by atoms with E-state index in [-0.39, 0.29) is 41.4 Å². The maximum absolute atomic E-state index is 12.8. The van der Waals surface area contributed by atoms with Gasteiger partial charge in [-0.2, -0.15) is 13.2 Å². The Balaban J connectivity index is 1.64. The van der Waals surface area contributed by atoms with E-state index in [9.17, 15) is 32.3 Å². The standard InChI is InChI=1S/C24H23F3N2O6/c1-34-22(32)16-11-17(23(33)35-2)13-19(12-16)28-20(30)14-7-9-29(10-8-14)21(31)15-3-5-18(6-4-15)24(25,26)27/h3-6,11-14H,7-10H2,1-2H3,(H,28,30). The van der Waals surface area contributed by atoms with Crippen LogP contribution in [0.25, 0.3) is 0 Å². The lowest BCUT2D eigenvalue weighted by atomic mass is 9.95. The van der Waals surface area contributed by atoms with E-state index in [2.05, 4.69) is 14.8 Å². The van der Waals surface area contributed by atoms with E-state index in [1.165, 1.54) is 37.3 Å². The lowest BCUT2D eigenvalue weighted by Crippen LogP contribution is -2.41. The number of carbonyl (C=O) groups excluding carboxylic acids is 4. The van der Waals surface area contributed by atoms with Crippen molar-refractivity contribution in [3.63, 3.8) is 0 Å². The van der Waals surface area contributed by atoms with Crippen molar-refractivity contribution in [1.82, 2.24) is 4.90 Å². The van der Waals surface area contributed by atoms with Gasteiger partial charge in [0.2, 0.25) is 5.91 Å². The summed E-state index contributed by atoms with van der Waals surface area (Å²) in [6.45, 7) is 0.487. The molecule has 8 nitrogen and oxygen atoms in total. The van der Waals surface area contributed by atoms with E-state index < -0.39 is 35.5 Å². The van der Waals surface area contributed by atoms with Crippen molar-refractivity contribution in [2.24, 2.45) is 5.92 Å². The van der Waals surface area contributed by atoms with Crippen molar-refractivity contribution < 1.29 is 41.8 Å². The molecule has 1 aliphatic heterocycles. The Labute approximate surface area is 199 Å². The minimum Gasteiger partial charge on any atom is -0.465 e. The molecular weight excluding hydrogens is 469 g/mol. The molecule has 0 aromatic heterocycles. The van der Waals surface area contributed by atoms with Gasteiger partial charge in [-0.3, -0.25) is 9.59 Å². The summed E-state index contributed by atoms with van der Waals surface area (Å²) in [5.74, 6) is -2.60. The molecule has 2 aromatic rings. The Kier molecular flexibility index (Phi) is 7.78. The number of anilines is 1. The minimum atomic E-state index is -4.48. The second kappa shape index (κ2) is 10.6. The Morgan fingerprint density at radius 3 is 1.83 bits per heavy atom. The molecule has 1 heterocycles. The average Bonchev–Trinajstić information content (AvgIpc) is 2.86. The number of nitrogens with one attached hydrogen (secondary N) is 1. The molecule has 186 valence electrons. The van der Waals surface area contributed by atoms with Crippen molar-refractivity contribution in [3.05, 3.63) is 64.7 Å². The van der Waals surface area contributed by atoms with Crippen LogP contribution in [-0.2, 0) is 20.4 Å². The minimum absolute atomic E-state index is 0.0580. The summed E-state index contributed by atoms with van der Waals surface area (Å²) >= 11 is 0. The first kappa shape index (κ1) is 25.7. The fourth-order valence-electron chi connectivity index (χ4n) is 3.74. The van der Waals surface area contributed by atoms with E-state index in [0.717, 1.165) is 24.3 Å². The molecule has 0 aliphatic carbocycles. The second-order valence-corrected chi connectivity index (χ2v) is 7.91. The van der Waals surface area contributed by atoms with Crippen LogP contribution < -0.4 is 5.32 Å². The third kappa shape index (κ3) is 6.17.